The Bertz CT molecular complexity index is 387. The molecule has 0 radical (unpaired) electrons. The molecule has 0 N–H and O–H groups in total. The van der Waals surface area contributed by atoms with Gasteiger partial charge < -0.3 is 8.85 Å². The maximum Gasteiger partial charge on any atom is 0.242 e. The molecular weight excluding hydrogens is 256 g/mol. The van der Waals surface area contributed by atoms with Crippen LogP contribution in [0.2, 0.25) is 39.3 Å². The number of aryl methyl sites for hydroxylation is 2. The van der Waals surface area contributed by atoms with E-state index in [-0.39, 0.29) is 0 Å². The zero-order valence-corrected chi connectivity index (χ0v) is 15.0. The van der Waals surface area contributed by atoms with Gasteiger partial charge in [0.25, 0.3) is 0 Å². The normalized spacial score (nSPS) is 12.4. The lowest BCUT2D eigenvalue weighted by atomic mass is 10.1. The number of hydrogen-bond acceptors (Lipinski definition) is 2. The van der Waals surface area contributed by atoms with Crippen molar-refractivity contribution in [2.24, 2.45) is 0 Å². The molecule has 0 aromatic heterocycles. The van der Waals surface area contributed by atoms with Crippen molar-refractivity contribution >= 4 is 16.6 Å². The lowest BCUT2D eigenvalue weighted by molar-refractivity contribution is 0.534. The largest absolute Gasteiger partial charge is 0.544 e. The van der Waals surface area contributed by atoms with Gasteiger partial charge in [-0.15, -0.1) is 0 Å². The molecule has 1 aromatic rings. The fourth-order valence-corrected chi connectivity index (χ4v) is 3.40. The van der Waals surface area contributed by atoms with E-state index in [0.29, 0.717) is 0 Å². The van der Waals surface area contributed by atoms with E-state index in [1.165, 1.54) is 0 Å². The Morgan fingerprint density at radius 1 is 0.667 bits per heavy atom. The van der Waals surface area contributed by atoms with Crippen molar-refractivity contribution in [3.8, 4) is 11.5 Å². The molecule has 18 heavy (non-hydrogen) atoms. The van der Waals surface area contributed by atoms with Gasteiger partial charge >= 0.3 is 0 Å². The fourth-order valence-electron chi connectivity index (χ4n) is 1.64. The van der Waals surface area contributed by atoms with Crippen LogP contribution in [0.15, 0.2) is 12.1 Å². The molecule has 1 aromatic carbocycles. The van der Waals surface area contributed by atoms with Gasteiger partial charge in [-0.05, 0) is 76.4 Å². The van der Waals surface area contributed by atoms with Gasteiger partial charge in [0.1, 0.15) is 11.5 Å². The van der Waals surface area contributed by atoms with Crippen LogP contribution in [0.25, 0.3) is 0 Å². The van der Waals surface area contributed by atoms with Crippen LogP contribution in [0.4, 0.5) is 0 Å². The SMILES string of the molecule is Cc1cc(O[Si](C)(C)C)c(C)cc1O[Si](C)(C)C. The van der Waals surface area contributed by atoms with Crippen LogP contribution in [-0.2, 0) is 0 Å². The molecule has 0 bridgehead atoms. The first kappa shape index (κ1) is 15.3. The Kier molecular flexibility index (Phi) is 4.33. The third-order valence-corrected chi connectivity index (χ3v) is 3.97. The minimum absolute atomic E-state index is 1.01. The van der Waals surface area contributed by atoms with Gasteiger partial charge in [0.2, 0.25) is 16.6 Å². The molecule has 0 atom stereocenters. The minimum Gasteiger partial charge on any atom is -0.544 e. The van der Waals surface area contributed by atoms with E-state index >= 15 is 0 Å². The highest BCUT2D eigenvalue weighted by Gasteiger charge is 2.21. The molecule has 0 saturated heterocycles. The van der Waals surface area contributed by atoms with Gasteiger partial charge in [0, 0.05) is 0 Å². The smallest absolute Gasteiger partial charge is 0.242 e. The van der Waals surface area contributed by atoms with E-state index in [9.17, 15) is 0 Å². The summed E-state index contributed by atoms with van der Waals surface area (Å²) in [7, 11) is -3.10. The van der Waals surface area contributed by atoms with Crippen molar-refractivity contribution in [3.63, 3.8) is 0 Å². The Labute approximate surface area is 114 Å². The second-order valence-corrected chi connectivity index (χ2v) is 15.7. The average Bonchev–Trinajstić information content (AvgIpc) is 2.08. The Morgan fingerprint density at radius 2 is 0.944 bits per heavy atom. The van der Waals surface area contributed by atoms with Crippen molar-refractivity contribution in [3.05, 3.63) is 23.3 Å². The molecule has 0 aliphatic heterocycles. The van der Waals surface area contributed by atoms with Crippen LogP contribution in [0, 0.1) is 13.8 Å². The van der Waals surface area contributed by atoms with Gasteiger partial charge in [0.05, 0.1) is 0 Å². The van der Waals surface area contributed by atoms with Gasteiger partial charge in [-0.2, -0.15) is 0 Å². The van der Waals surface area contributed by atoms with E-state index in [0.717, 1.165) is 22.6 Å². The number of hydrogen-bond donors (Lipinski definition) is 0. The maximum atomic E-state index is 6.09. The predicted molar refractivity (Wildman–Crippen MR) is 83.9 cm³/mol. The molecule has 0 aliphatic carbocycles. The Morgan fingerprint density at radius 3 is 1.17 bits per heavy atom. The summed E-state index contributed by atoms with van der Waals surface area (Å²) in [5.74, 6) is 2.02. The molecule has 0 aliphatic rings. The molecule has 0 saturated carbocycles. The summed E-state index contributed by atoms with van der Waals surface area (Å²) in [4.78, 5) is 0. The molecule has 0 unspecified atom stereocenters. The van der Waals surface area contributed by atoms with Crippen molar-refractivity contribution in [1.29, 1.82) is 0 Å². The summed E-state index contributed by atoms with van der Waals surface area (Å²) < 4.78 is 12.2. The fraction of sp³-hybridized carbons (Fsp3) is 0.571. The van der Waals surface area contributed by atoms with Gasteiger partial charge in [-0.3, -0.25) is 0 Å². The van der Waals surface area contributed by atoms with E-state index in [2.05, 4.69) is 65.3 Å². The van der Waals surface area contributed by atoms with E-state index in [1.807, 2.05) is 0 Å². The first-order chi connectivity index (χ1) is 7.98. The van der Waals surface area contributed by atoms with Gasteiger partial charge in [-0.1, -0.05) is 0 Å². The molecule has 2 nitrogen and oxygen atoms in total. The number of benzene rings is 1. The second-order valence-electron chi connectivity index (χ2n) is 6.81. The van der Waals surface area contributed by atoms with Gasteiger partial charge in [-0.25, -0.2) is 0 Å². The zero-order chi connectivity index (χ0) is 14.1. The molecule has 4 heteroatoms. The van der Waals surface area contributed by atoms with Crippen LogP contribution < -0.4 is 8.85 Å². The lowest BCUT2D eigenvalue weighted by Gasteiger charge is -2.25. The van der Waals surface area contributed by atoms with Crippen LogP contribution in [0.1, 0.15) is 11.1 Å². The van der Waals surface area contributed by atoms with Crippen molar-refractivity contribution in [2.45, 2.75) is 53.1 Å². The topological polar surface area (TPSA) is 18.5 Å². The van der Waals surface area contributed by atoms with Crippen molar-refractivity contribution < 1.29 is 8.85 Å². The number of rotatable bonds is 4. The summed E-state index contributed by atoms with van der Waals surface area (Å²) in [6.07, 6.45) is 0. The van der Waals surface area contributed by atoms with Crippen LogP contribution in [0.5, 0.6) is 11.5 Å². The van der Waals surface area contributed by atoms with Crippen molar-refractivity contribution in [1.82, 2.24) is 0 Å². The van der Waals surface area contributed by atoms with Gasteiger partial charge in [0.15, 0.2) is 0 Å². The highest BCUT2D eigenvalue weighted by atomic mass is 28.4. The van der Waals surface area contributed by atoms with E-state index in [1.54, 1.807) is 0 Å². The minimum atomic E-state index is -1.55. The molecule has 102 valence electrons. The third-order valence-electron chi connectivity index (χ3n) is 2.30. The highest BCUT2D eigenvalue weighted by molar-refractivity contribution is 6.70. The third kappa shape index (κ3) is 4.86. The average molecular weight is 283 g/mol. The maximum absolute atomic E-state index is 6.09. The highest BCUT2D eigenvalue weighted by Crippen LogP contribution is 2.31. The summed E-state index contributed by atoms with van der Waals surface area (Å²) in [6.45, 7) is 17.4. The second kappa shape index (κ2) is 5.09. The predicted octanol–water partition coefficient (Wildman–Crippen LogP) is 4.73. The summed E-state index contributed by atoms with van der Waals surface area (Å²) in [5.41, 5.74) is 2.33. The quantitative estimate of drug-likeness (QED) is 0.743. The lowest BCUT2D eigenvalue weighted by Crippen LogP contribution is -2.30. The summed E-state index contributed by atoms with van der Waals surface area (Å²) >= 11 is 0. The molecule has 0 fully saturated rings. The Balaban J connectivity index is 3.05. The summed E-state index contributed by atoms with van der Waals surface area (Å²) in [6, 6.07) is 4.23. The standard InChI is InChI=1S/C14H26O2Si2/c1-11-9-14(16-18(6,7)8)12(2)10-13(11)15-17(3,4)5/h9-10H,1-8H3. The summed E-state index contributed by atoms with van der Waals surface area (Å²) in [5, 5.41) is 0. The molecule has 0 heterocycles. The first-order valence-corrected chi connectivity index (χ1v) is 13.3. The Hall–Kier alpha value is -0.746. The monoisotopic (exact) mass is 282 g/mol. The van der Waals surface area contributed by atoms with Crippen LogP contribution in [-0.4, -0.2) is 16.6 Å². The zero-order valence-electron chi connectivity index (χ0n) is 13.0. The first-order valence-electron chi connectivity index (χ1n) is 6.47. The van der Waals surface area contributed by atoms with Crippen LogP contribution in [0.3, 0.4) is 0 Å². The molecule has 0 amide bonds. The van der Waals surface area contributed by atoms with Crippen molar-refractivity contribution in [2.75, 3.05) is 0 Å². The molecule has 1 rings (SSSR count). The van der Waals surface area contributed by atoms with E-state index < -0.39 is 16.6 Å². The molecular formula is C14H26O2Si2. The molecule has 0 spiro atoms. The van der Waals surface area contributed by atoms with E-state index in [4.69, 9.17) is 8.85 Å². The van der Waals surface area contributed by atoms with Crippen LogP contribution >= 0.6 is 0 Å².